The number of nitrogens with zero attached hydrogens (tertiary/aromatic N) is 1. The number of carbonyl (C=O) groups is 2. The van der Waals surface area contributed by atoms with Crippen molar-refractivity contribution in [1.82, 2.24) is 0 Å². The van der Waals surface area contributed by atoms with Crippen LogP contribution < -0.4 is 4.89 Å². The van der Waals surface area contributed by atoms with Gasteiger partial charge in [-0.15, -0.1) is 0 Å². The first kappa shape index (κ1) is 76.1. The van der Waals surface area contributed by atoms with E-state index in [2.05, 4.69) is 148 Å². The predicted molar refractivity (Wildman–Crippen MR) is 341 cm³/mol. The summed E-state index contributed by atoms with van der Waals surface area (Å²) >= 11 is 0. The van der Waals surface area contributed by atoms with Crippen molar-refractivity contribution < 1.29 is 42.1 Å². The molecule has 0 aromatic rings. The Hall–Kier alpha value is -3.85. The Balaban J connectivity index is 4.26. The lowest BCUT2D eigenvalue weighted by molar-refractivity contribution is -0.870. The van der Waals surface area contributed by atoms with Crippen LogP contribution in [-0.4, -0.2) is 70.0 Å². The molecule has 0 rings (SSSR count). The highest BCUT2D eigenvalue weighted by atomic mass is 31.2. The molecule has 0 heterocycles. The zero-order valence-corrected chi connectivity index (χ0v) is 52.6. The second kappa shape index (κ2) is 59.8. The van der Waals surface area contributed by atoms with Crippen molar-refractivity contribution in [1.29, 1.82) is 0 Å². The fourth-order valence-electron chi connectivity index (χ4n) is 8.27. The summed E-state index contributed by atoms with van der Waals surface area (Å²) in [5.74, 6) is -0.891. The van der Waals surface area contributed by atoms with Crippen LogP contribution in [0.4, 0.5) is 0 Å². The van der Waals surface area contributed by atoms with Gasteiger partial charge in [0.15, 0.2) is 6.10 Å². The summed E-state index contributed by atoms with van der Waals surface area (Å²) in [5.41, 5.74) is 0. The summed E-state index contributed by atoms with van der Waals surface area (Å²) in [6, 6.07) is 0. The quantitative estimate of drug-likeness (QED) is 0.0195. The lowest BCUT2D eigenvalue weighted by Crippen LogP contribution is -2.37. The number of carbonyl (C=O) groups excluding carboxylic acids is 2. The summed E-state index contributed by atoms with van der Waals surface area (Å²) < 4.78 is 34.2. The highest BCUT2D eigenvalue weighted by molar-refractivity contribution is 7.45. The SMILES string of the molecule is CC/C=C\C/C=C\C/C=C\C/C=C\C/C=C\C/C=C\C/C=C\C/C=C\C/C=C\C/C=C\CCCCC(=O)OC(COC(=O)CCCCCCCCCCCCC/C=C\CCCCCCCCCC)COP(=O)([O-])OCC[N+](C)(C)C. The second-order valence-electron chi connectivity index (χ2n) is 22.0. The maximum atomic E-state index is 12.8. The number of quaternary nitrogens is 1. The summed E-state index contributed by atoms with van der Waals surface area (Å²) in [7, 11) is 1.12. The molecular weight excluding hydrogens is 1010 g/mol. The van der Waals surface area contributed by atoms with Crippen LogP contribution >= 0.6 is 7.82 Å². The number of ether oxygens (including phenoxy) is 2. The van der Waals surface area contributed by atoms with Crippen molar-refractivity contribution >= 4 is 19.8 Å². The molecule has 0 N–H and O–H groups in total. The van der Waals surface area contributed by atoms with E-state index in [4.69, 9.17) is 18.5 Å². The number of phosphoric acid groups is 1. The fraction of sp³-hybridized carbons (Fsp3) is 0.657. The smallest absolute Gasteiger partial charge is 0.306 e. The molecule has 10 heteroatoms. The van der Waals surface area contributed by atoms with Gasteiger partial charge in [-0.2, -0.15) is 0 Å². The molecule has 456 valence electrons. The molecule has 0 aliphatic rings. The lowest BCUT2D eigenvalue weighted by atomic mass is 10.0. The van der Waals surface area contributed by atoms with E-state index >= 15 is 0 Å². The van der Waals surface area contributed by atoms with E-state index in [1.54, 1.807) is 0 Å². The Morgan fingerprint density at radius 1 is 0.400 bits per heavy atom. The van der Waals surface area contributed by atoms with E-state index < -0.39 is 32.5 Å². The maximum absolute atomic E-state index is 12.8. The average molecular weight is 1130 g/mol. The van der Waals surface area contributed by atoms with Gasteiger partial charge in [0.2, 0.25) is 0 Å². The number of esters is 2. The van der Waals surface area contributed by atoms with Crippen LogP contribution in [-0.2, 0) is 32.7 Å². The molecule has 0 aromatic heterocycles. The van der Waals surface area contributed by atoms with Gasteiger partial charge in [0.1, 0.15) is 19.8 Å². The first-order chi connectivity index (χ1) is 39.0. The summed E-state index contributed by atoms with van der Waals surface area (Å²) in [4.78, 5) is 37.9. The van der Waals surface area contributed by atoms with Gasteiger partial charge in [-0.05, 0) is 116 Å². The number of hydrogen-bond acceptors (Lipinski definition) is 8. The third-order valence-electron chi connectivity index (χ3n) is 13.2. The summed E-state index contributed by atoms with van der Waals surface area (Å²) in [5, 5.41) is 0. The zero-order chi connectivity index (χ0) is 58.4. The van der Waals surface area contributed by atoms with E-state index in [1.807, 2.05) is 21.1 Å². The van der Waals surface area contributed by atoms with Crippen LogP contribution in [0.2, 0.25) is 0 Å². The largest absolute Gasteiger partial charge is 0.756 e. The molecule has 0 radical (unpaired) electrons. The highest BCUT2D eigenvalue weighted by Gasteiger charge is 2.21. The zero-order valence-electron chi connectivity index (χ0n) is 51.7. The van der Waals surface area contributed by atoms with E-state index in [-0.39, 0.29) is 26.1 Å². The van der Waals surface area contributed by atoms with Crippen molar-refractivity contribution in [2.75, 3.05) is 47.5 Å². The molecule has 0 spiro atoms. The van der Waals surface area contributed by atoms with Gasteiger partial charge in [-0.25, -0.2) is 0 Å². The molecule has 2 atom stereocenters. The molecule has 9 nitrogen and oxygen atoms in total. The first-order valence-electron chi connectivity index (χ1n) is 31.9. The van der Waals surface area contributed by atoms with E-state index in [9.17, 15) is 19.0 Å². The molecule has 0 fully saturated rings. The topological polar surface area (TPSA) is 111 Å². The molecule has 0 bridgehead atoms. The average Bonchev–Trinajstić information content (AvgIpc) is 3.42. The maximum Gasteiger partial charge on any atom is 0.306 e. The monoisotopic (exact) mass is 1130 g/mol. The third kappa shape index (κ3) is 63.3. The molecular formula is C70H118NO8P. The molecule has 0 saturated heterocycles. The van der Waals surface area contributed by atoms with Crippen LogP contribution in [0, 0.1) is 0 Å². The van der Waals surface area contributed by atoms with Crippen molar-refractivity contribution in [3.8, 4) is 0 Å². The number of hydrogen-bond donors (Lipinski definition) is 0. The highest BCUT2D eigenvalue weighted by Crippen LogP contribution is 2.38. The van der Waals surface area contributed by atoms with Gasteiger partial charge < -0.3 is 27.9 Å². The van der Waals surface area contributed by atoms with Crippen LogP contribution in [0.1, 0.15) is 245 Å². The van der Waals surface area contributed by atoms with Gasteiger partial charge in [0, 0.05) is 12.8 Å². The minimum atomic E-state index is -4.66. The van der Waals surface area contributed by atoms with Crippen LogP contribution in [0.5, 0.6) is 0 Å². The standard InChI is InChI=1S/C70H118NO8P/c1-6-8-10-12-14-16-18-20-22-24-26-28-30-31-32-33-34-35-36-37-38-39-41-43-45-47-49-51-53-55-57-59-61-63-70(73)79-68(67-78-80(74,75)77-65-64-71(3,4)5)66-76-69(72)62-60-58-56-54-52-50-48-46-44-42-40-29-27-25-23-21-19-17-15-13-11-9-7-2/h8,10,14,16,20,22,25-28,31-32,34-35,37-38,41,43,47,49,53,55,68H,6-7,9,11-13,15,17-19,21,23-24,29-30,33,36,39-40,42,44-46,48,50-52,54,56-67H2,1-5H3/b10-8-,16-14-,22-20-,27-25-,28-26-,32-31-,35-34-,38-37-,43-41-,49-47-,55-53-. The second-order valence-corrected chi connectivity index (χ2v) is 23.4. The molecule has 0 aliphatic heterocycles. The Morgan fingerprint density at radius 2 is 0.713 bits per heavy atom. The molecule has 80 heavy (non-hydrogen) atoms. The van der Waals surface area contributed by atoms with Crippen LogP contribution in [0.25, 0.3) is 0 Å². The van der Waals surface area contributed by atoms with Crippen LogP contribution in [0.15, 0.2) is 134 Å². The Kier molecular flexibility index (Phi) is 56.9. The number of likely N-dealkylation sites (N-methyl/N-ethyl adjacent to an activating group) is 1. The Morgan fingerprint density at radius 3 is 1.10 bits per heavy atom. The van der Waals surface area contributed by atoms with Crippen molar-refractivity contribution in [2.24, 2.45) is 0 Å². The molecule has 0 amide bonds. The molecule has 0 aliphatic carbocycles. The Labute approximate surface area is 491 Å². The van der Waals surface area contributed by atoms with Gasteiger partial charge in [-0.1, -0.05) is 250 Å². The van der Waals surface area contributed by atoms with Crippen LogP contribution in [0.3, 0.4) is 0 Å². The number of rotatable bonds is 57. The predicted octanol–water partition coefficient (Wildman–Crippen LogP) is 19.9. The van der Waals surface area contributed by atoms with Crippen molar-refractivity contribution in [2.45, 2.75) is 251 Å². The minimum Gasteiger partial charge on any atom is -0.756 e. The van der Waals surface area contributed by atoms with Gasteiger partial charge in [0.05, 0.1) is 27.7 Å². The number of unbranched alkanes of at least 4 members (excludes halogenated alkanes) is 21. The third-order valence-corrected chi connectivity index (χ3v) is 14.1. The molecule has 0 saturated carbocycles. The fourth-order valence-corrected chi connectivity index (χ4v) is 9.00. The molecule has 2 unspecified atom stereocenters. The minimum absolute atomic E-state index is 0.0464. The van der Waals surface area contributed by atoms with Gasteiger partial charge in [0.25, 0.3) is 7.82 Å². The van der Waals surface area contributed by atoms with Crippen molar-refractivity contribution in [3.63, 3.8) is 0 Å². The number of allylic oxidation sites excluding steroid dienone is 22. The van der Waals surface area contributed by atoms with Gasteiger partial charge >= 0.3 is 11.9 Å². The van der Waals surface area contributed by atoms with E-state index in [0.29, 0.717) is 17.4 Å². The lowest BCUT2D eigenvalue weighted by Gasteiger charge is -2.28. The number of phosphoric ester groups is 1. The van der Waals surface area contributed by atoms with E-state index in [1.165, 1.54) is 116 Å². The van der Waals surface area contributed by atoms with Gasteiger partial charge in [-0.3, -0.25) is 14.2 Å². The van der Waals surface area contributed by atoms with E-state index in [0.717, 1.165) is 96.3 Å². The summed E-state index contributed by atoms with van der Waals surface area (Å²) in [6.07, 6.45) is 86.6. The first-order valence-corrected chi connectivity index (χ1v) is 33.4. The normalized spacial score (nSPS) is 14.1. The van der Waals surface area contributed by atoms with Crippen molar-refractivity contribution in [3.05, 3.63) is 134 Å². The molecule has 0 aromatic carbocycles. The Bertz CT molecular complexity index is 1810. The summed E-state index contributed by atoms with van der Waals surface area (Å²) in [6.45, 7) is 4.07.